The van der Waals surface area contributed by atoms with Gasteiger partial charge in [0.05, 0.1) is 12.0 Å². The predicted molar refractivity (Wildman–Crippen MR) is 104 cm³/mol. The maximum atomic E-state index is 13.1. The third-order valence-corrected chi connectivity index (χ3v) is 4.61. The van der Waals surface area contributed by atoms with Crippen molar-refractivity contribution < 1.29 is 0 Å². The van der Waals surface area contributed by atoms with Crippen LogP contribution in [-0.2, 0) is 13.1 Å². The van der Waals surface area contributed by atoms with Crippen molar-refractivity contribution in [1.29, 1.82) is 0 Å². The van der Waals surface area contributed by atoms with E-state index in [1.807, 2.05) is 45.0 Å². The summed E-state index contributed by atoms with van der Waals surface area (Å²) in [5, 5.41) is 0. The Bertz CT molecular complexity index is 1040. The van der Waals surface area contributed by atoms with E-state index in [2.05, 4.69) is 18.8 Å². The average molecular weight is 354 g/mol. The van der Waals surface area contributed by atoms with Crippen LogP contribution in [0.5, 0.6) is 0 Å². The molecule has 0 aliphatic rings. The molecule has 0 atom stereocenters. The number of hydrogen-bond donors (Lipinski definition) is 0. The Labute approximate surface area is 152 Å². The highest BCUT2D eigenvalue weighted by atomic mass is 16.2. The van der Waals surface area contributed by atoms with Gasteiger partial charge >= 0.3 is 5.69 Å². The summed E-state index contributed by atoms with van der Waals surface area (Å²) in [4.78, 5) is 30.5. The molecule has 0 saturated heterocycles. The number of fused-ring (bicyclic) bond motifs is 1. The predicted octanol–water partition coefficient (Wildman–Crippen LogP) is 3.15. The van der Waals surface area contributed by atoms with Crippen LogP contribution in [0, 0.1) is 5.92 Å². The fourth-order valence-electron chi connectivity index (χ4n) is 3.19. The molecule has 3 rings (SSSR count). The summed E-state index contributed by atoms with van der Waals surface area (Å²) in [6.45, 7) is 11.2. The van der Waals surface area contributed by atoms with Crippen molar-refractivity contribution in [3.63, 3.8) is 0 Å². The smallest absolute Gasteiger partial charge is 0.325 e. The highest BCUT2D eigenvalue weighted by Crippen LogP contribution is 2.18. The first-order chi connectivity index (χ1) is 12.3. The third-order valence-electron chi connectivity index (χ3n) is 4.61. The normalized spacial score (nSPS) is 11.8. The Morgan fingerprint density at radius 3 is 2.23 bits per heavy atom. The minimum absolute atomic E-state index is 0.188. The molecule has 0 fully saturated rings. The van der Waals surface area contributed by atoms with Crippen molar-refractivity contribution in [3.8, 4) is 5.69 Å². The number of hydrogen-bond acceptors (Lipinski definition) is 3. The van der Waals surface area contributed by atoms with E-state index in [9.17, 15) is 9.59 Å². The lowest BCUT2D eigenvalue weighted by molar-refractivity contribution is 0.488. The Kier molecular flexibility index (Phi) is 4.85. The van der Waals surface area contributed by atoms with Crippen LogP contribution >= 0.6 is 0 Å². The molecule has 26 heavy (non-hydrogen) atoms. The summed E-state index contributed by atoms with van der Waals surface area (Å²) < 4.78 is 4.68. The minimum atomic E-state index is -0.338. The molecule has 3 aromatic rings. The van der Waals surface area contributed by atoms with E-state index >= 15 is 0 Å². The number of benzene rings is 1. The van der Waals surface area contributed by atoms with Crippen molar-refractivity contribution in [1.82, 2.24) is 18.7 Å². The fourth-order valence-corrected chi connectivity index (χ4v) is 3.19. The Balaban J connectivity index is 2.35. The summed E-state index contributed by atoms with van der Waals surface area (Å²) in [6.07, 6.45) is 1.63. The molecule has 2 aromatic heterocycles. The SMILES string of the molecule is CCn1cnc2c1c(=O)n(CC(C)C)c(=O)n2-c1ccc(C(C)C)cc1. The molecule has 1 aromatic carbocycles. The van der Waals surface area contributed by atoms with Gasteiger partial charge in [0, 0.05) is 13.1 Å². The topological polar surface area (TPSA) is 61.8 Å². The summed E-state index contributed by atoms with van der Waals surface area (Å²) >= 11 is 0. The van der Waals surface area contributed by atoms with Crippen LogP contribution in [0.25, 0.3) is 16.9 Å². The molecule has 0 N–H and O–H groups in total. The van der Waals surface area contributed by atoms with Crippen LogP contribution in [0.2, 0.25) is 0 Å². The third kappa shape index (κ3) is 3.00. The van der Waals surface area contributed by atoms with Gasteiger partial charge in [0.15, 0.2) is 11.2 Å². The maximum absolute atomic E-state index is 13.1. The summed E-state index contributed by atoms with van der Waals surface area (Å²) in [5.41, 5.74) is 2.21. The molecule has 0 spiro atoms. The second-order valence-corrected chi connectivity index (χ2v) is 7.38. The highest BCUT2D eigenvalue weighted by Gasteiger charge is 2.19. The largest absolute Gasteiger partial charge is 0.337 e. The van der Waals surface area contributed by atoms with E-state index in [0.717, 1.165) is 5.69 Å². The molecule has 0 aliphatic carbocycles. The van der Waals surface area contributed by atoms with Crippen LogP contribution in [0.15, 0.2) is 40.2 Å². The van der Waals surface area contributed by atoms with Gasteiger partial charge in [0.1, 0.15) is 0 Å². The molecule has 0 bridgehead atoms. The van der Waals surface area contributed by atoms with Gasteiger partial charge in [-0.05, 0) is 36.5 Å². The van der Waals surface area contributed by atoms with E-state index in [4.69, 9.17) is 0 Å². The Morgan fingerprint density at radius 1 is 1.04 bits per heavy atom. The van der Waals surface area contributed by atoms with Gasteiger partial charge in [0.2, 0.25) is 0 Å². The molecule has 0 amide bonds. The maximum Gasteiger partial charge on any atom is 0.337 e. The molecular formula is C20H26N4O2. The highest BCUT2D eigenvalue weighted by molar-refractivity contribution is 5.72. The van der Waals surface area contributed by atoms with Gasteiger partial charge in [-0.25, -0.2) is 14.3 Å². The first kappa shape index (κ1) is 18.2. The standard InChI is InChI=1S/C20H26N4O2/c1-6-22-12-21-18-17(22)19(25)23(11-13(2)3)20(26)24(18)16-9-7-15(8-10-16)14(4)5/h7-10,12-14H,6,11H2,1-5H3. The molecule has 0 saturated carbocycles. The first-order valence-corrected chi connectivity index (χ1v) is 9.16. The number of aromatic nitrogens is 4. The van der Waals surface area contributed by atoms with E-state index in [-0.39, 0.29) is 17.2 Å². The Morgan fingerprint density at radius 2 is 1.69 bits per heavy atom. The number of nitrogens with zero attached hydrogens (tertiary/aromatic N) is 4. The first-order valence-electron chi connectivity index (χ1n) is 9.16. The molecule has 0 unspecified atom stereocenters. The van der Waals surface area contributed by atoms with E-state index < -0.39 is 0 Å². The number of rotatable bonds is 5. The Hall–Kier alpha value is -2.63. The zero-order chi connectivity index (χ0) is 19.0. The van der Waals surface area contributed by atoms with Crippen LogP contribution in [0.4, 0.5) is 0 Å². The van der Waals surface area contributed by atoms with Crippen LogP contribution in [0.3, 0.4) is 0 Å². The second-order valence-electron chi connectivity index (χ2n) is 7.38. The summed E-state index contributed by atoms with van der Waals surface area (Å²) in [6, 6.07) is 7.89. The van der Waals surface area contributed by atoms with Crippen LogP contribution < -0.4 is 11.2 Å². The van der Waals surface area contributed by atoms with Crippen LogP contribution in [-0.4, -0.2) is 18.7 Å². The zero-order valence-corrected chi connectivity index (χ0v) is 16.1. The summed E-state index contributed by atoms with van der Waals surface area (Å²) in [7, 11) is 0. The second kappa shape index (κ2) is 6.94. The quantitative estimate of drug-likeness (QED) is 0.707. The lowest BCUT2D eigenvalue weighted by atomic mass is 10.0. The number of aryl methyl sites for hydroxylation is 1. The van der Waals surface area contributed by atoms with Crippen molar-refractivity contribution >= 4 is 11.2 Å². The molecular weight excluding hydrogens is 328 g/mol. The van der Waals surface area contributed by atoms with Gasteiger partial charge < -0.3 is 4.57 Å². The molecule has 0 aliphatic heterocycles. The van der Waals surface area contributed by atoms with Gasteiger partial charge in [-0.15, -0.1) is 0 Å². The van der Waals surface area contributed by atoms with Crippen molar-refractivity contribution in [3.05, 3.63) is 57.0 Å². The van der Waals surface area contributed by atoms with Gasteiger partial charge in [-0.1, -0.05) is 39.8 Å². The monoisotopic (exact) mass is 354 g/mol. The lowest BCUT2D eigenvalue weighted by Crippen LogP contribution is -2.41. The van der Waals surface area contributed by atoms with Crippen molar-refractivity contribution in [2.45, 2.75) is 53.6 Å². The van der Waals surface area contributed by atoms with Gasteiger partial charge in [0.25, 0.3) is 5.56 Å². The zero-order valence-electron chi connectivity index (χ0n) is 16.1. The van der Waals surface area contributed by atoms with Crippen molar-refractivity contribution in [2.24, 2.45) is 5.92 Å². The minimum Gasteiger partial charge on any atom is -0.325 e. The number of imidazole rings is 1. The van der Waals surface area contributed by atoms with E-state index in [1.165, 1.54) is 10.1 Å². The van der Waals surface area contributed by atoms with Crippen molar-refractivity contribution in [2.75, 3.05) is 0 Å². The molecule has 6 nitrogen and oxygen atoms in total. The molecule has 2 heterocycles. The fraction of sp³-hybridized carbons (Fsp3) is 0.450. The van der Waals surface area contributed by atoms with Gasteiger partial charge in [-0.3, -0.25) is 9.36 Å². The molecule has 138 valence electrons. The lowest BCUT2D eigenvalue weighted by Gasteiger charge is -2.14. The average Bonchev–Trinajstić information content (AvgIpc) is 3.03. The van der Waals surface area contributed by atoms with Gasteiger partial charge in [-0.2, -0.15) is 0 Å². The molecule has 0 radical (unpaired) electrons. The van der Waals surface area contributed by atoms with Crippen LogP contribution in [0.1, 0.15) is 46.1 Å². The van der Waals surface area contributed by atoms with E-state index in [1.54, 1.807) is 15.5 Å². The summed E-state index contributed by atoms with van der Waals surface area (Å²) in [5.74, 6) is 0.600. The molecule has 6 heteroatoms. The van der Waals surface area contributed by atoms with E-state index in [0.29, 0.717) is 30.2 Å².